The number of unbranched alkanes of at least 4 members (excludes halogenated alkanes) is 2. The first-order chi connectivity index (χ1) is 56.1. The lowest BCUT2D eigenvalue weighted by molar-refractivity contribution is -0.275. The molecule has 0 atom stereocenters. The summed E-state index contributed by atoms with van der Waals surface area (Å²) in [5.74, 6) is -0.695. The highest BCUT2D eigenvalue weighted by Crippen LogP contribution is 2.31. The Morgan fingerprint density at radius 1 is 0.378 bits per heavy atom. The number of aliphatic hydroxyl groups is 2. The van der Waals surface area contributed by atoms with Gasteiger partial charge in [0.25, 0.3) is 28.7 Å². The molecule has 28 nitrogen and oxygen atoms in total. The first-order valence-electron chi connectivity index (χ1n) is 36.0. The first-order valence-corrected chi connectivity index (χ1v) is 37.9. The monoisotopic (exact) mass is 1800 g/mol. The molecule has 12 aromatic rings. The molecular formula is C78H81BrCl3F9N12O16. The molecule has 0 fully saturated rings. The molecule has 6 heterocycles. The number of alkyl halides is 9. The highest BCUT2D eigenvalue weighted by atomic mass is 79.9. The van der Waals surface area contributed by atoms with E-state index in [1.54, 1.807) is 76.8 Å². The number of hydrogen-bond donors (Lipinski definition) is 2. The predicted octanol–water partition coefficient (Wildman–Crippen LogP) is 13.8. The van der Waals surface area contributed by atoms with Gasteiger partial charge in [0, 0.05) is 80.7 Å². The van der Waals surface area contributed by atoms with E-state index in [-0.39, 0.29) is 155 Å². The number of rotatable bonds is 31. The molecule has 119 heavy (non-hydrogen) atoms. The minimum atomic E-state index is -4.83. The van der Waals surface area contributed by atoms with Crippen molar-refractivity contribution in [3.05, 3.63) is 245 Å². The van der Waals surface area contributed by atoms with Gasteiger partial charge in [-0.25, -0.2) is 19.4 Å². The summed E-state index contributed by atoms with van der Waals surface area (Å²) >= 11 is 21.4. The van der Waals surface area contributed by atoms with Crippen LogP contribution in [0.1, 0.15) is 70.1 Å². The molecule has 0 aliphatic carbocycles. The van der Waals surface area contributed by atoms with Crippen molar-refractivity contribution in [1.82, 2.24) is 56.1 Å². The van der Waals surface area contributed by atoms with Crippen LogP contribution in [0.25, 0.3) is 33.5 Å². The Morgan fingerprint density at radius 2 is 0.664 bits per heavy atom. The van der Waals surface area contributed by atoms with E-state index in [4.69, 9.17) is 63.6 Å². The fourth-order valence-electron chi connectivity index (χ4n) is 11.5. The molecule has 0 aliphatic rings. The van der Waals surface area contributed by atoms with Crippen molar-refractivity contribution in [2.75, 3.05) is 46.2 Å². The summed E-state index contributed by atoms with van der Waals surface area (Å²) in [4.78, 5) is 91.0. The van der Waals surface area contributed by atoms with Crippen LogP contribution in [-0.4, -0.2) is 132 Å². The molecule has 0 saturated heterocycles. The summed E-state index contributed by atoms with van der Waals surface area (Å²) in [6.07, 6.45) is -11.0. The van der Waals surface area contributed by atoms with Crippen molar-refractivity contribution in [2.45, 2.75) is 112 Å². The molecule has 0 spiro atoms. The molecule has 12 rings (SSSR count). The zero-order valence-electron chi connectivity index (χ0n) is 63.5. The second-order valence-electron chi connectivity index (χ2n) is 25.5. The number of benzene rings is 6. The number of ether oxygens (including phenoxy) is 8. The van der Waals surface area contributed by atoms with E-state index < -0.39 is 53.1 Å². The van der Waals surface area contributed by atoms with Gasteiger partial charge < -0.3 is 52.7 Å². The van der Waals surface area contributed by atoms with Crippen molar-refractivity contribution < 1.29 is 87.6 Å². The van der Waals surface area contributed by atoms with Crippen LogP contribution in [0, 0.1) is 0 Å². The van der Waals surface area contributed by atoms with Crippen LogP contribution in [0.4, 0.5) is 39.5 Å². The molecule has 6 aromatic carbocycles. The van der Waals surface area contributed by atoms with Gasteiger partial charge in [0.05, 0.1) is 26.2 Å². The van der Waals surface area contributed by atoms with Gasteiger partial charge >= 0.3 is 36.2 Å². The fourth-order valence-corrected chi connectivity index (χ4v) is 12.4. The van der Waals surface area contributed by atoms with Crippen LogP contribution in [0.2, 0.25) is 15.1 Å². The van der Waals surface area contributed by atoms with Gasteiger partial charge in [-0.2, -0.15) is 9.97 Å². The Bertz CT molecular complexity index is 5560. The number of imidazole rings is 3. The molecule has 2 N–H and O–H groups in total. The smallest absolute Gasteiger partial charge is 0.491 e. The summed E-state index contributed by atoms with van der Waals surface area (Å²) in [6, 6.07) is 36.8. The van der Waals surface area contributed by atoms with Gasteiger partial charge in [0.2, 0.25) is 0 Å². The van der Waals surface area contributed by atoms with Gasteiger partial charge in [-0.15, -0.1) is 39.5 Å². The van der Waals surface area contributed by atoms with Crippen molar-refractivity contribution in [3.63, 3.8) is 0 Å². The van der Waals surface area contributed by atoms with E-state index in [2.05, 4.69) is 45.1 Å². The third kappa shape index (κ3) is 25.7. The quantitative estimate of drug-likeness (QED) is 0.0232. The summed E-state index contributed by atoms with van der Waals surface area (Å²) < 4.78 is 162. The fraction of sp³-hybridized carbons (Fsp3) is 0.346. The van der Waals surface area contributed by atoms with Crippen molar-refractivity contribution in [3.8, 4) is 46.5 Å². The maximum absolute atomic E-state index is 13.4. The van der Waals surface area contributed by atoms with Gasteiger partial charge in [-0.3, -0.25) is 50.9 Å². The molecule has 0 amide bonds. The highest BCUT2D eigenvalue weighted by Gasteiger charge is 2.34. The molecule has 0 saturated carbocycles. The molecule has 640 valence electrons. The summed E-state index contributed by atoms with van der Waals surface area (Å²) in [6.45, 7) is 4.88. The SMILES string of the molecule is C.CCCCn1c(=O)c2c(nc(Br)n2Cc2ccc(Cl)cc2)n(C)c1=O.CCCCn1c(=O)c2c(nc(OCCOc3cccc(OC(F)(F)F)c3)n2Cc2ccc(Cl)cc2)n(C)c1=O.Cn1c(=O)n(CCCO)c(=O)c2c1nc(OCCOc1cccc(OC(F)(F)F)c1)n2Cc1ccc(Cl)cc1.OCCOc1cccc(OC(F)(F)F)c1. The average molecular weight is 1800 g/mol. The minimum absolute atomic E-state index is 0. The van der Waals surface area contributed by atoms with Crippen LogP contribution in [-0.2, 0) is 60.4 Å². The normalized spacial score (nSPS) is 11.4. The number of hydrogen-bond acceptors (Lipinski definition) is 19. The van der Waals surface area contributed by atoms with Crippen molar-refractivity contribution in [1.29, 1.82) is 0 Å². The minimum Gasteiger partial charge on any atom is -0.491 e. The zero-order valence-corrected chi connectivity index (χ0v) is 67.3. The van der Waals surface area contributed by atoms with Gasteiger partial charge in [-0.05, 0) is 125 Å². The summed E-state index contributed by atoms with van der Waals surface area (Å²) in [5, 5.41) is 19.4. The van der Waals surface area contributed by atoms with E-state index in [0.717, 1.165) is 70.9 Å². The van der Waals surface area contributed by atoms with E-state index in [1.165, 1.54) is 84.0 Å². The Morgan fingerprint density at radius 3 is 0.975 bits per heavy atom. The third-order valence-corrected chi connectivity index (χ3v) is 18.4. The predicted molar refractivity (Wildman–Crippen MR) is 429 cm³/mol. The van der Waals surface area contributed by atoms with Crippen LogP contribution in [0.15, 0.2) is 179 Å². The van der Waals surface area contributed by atoms with Crippen LogP contribution >= 0.6 is 50.7 Å². The molecule has 41 heteroatoms. The largest absolute Gasteiger partial charge is 0.573 e. The number of fused-ring (bicyclic) bond motifs is 3. The van der Waals surface area contributed by atoms with Crippen LogP contribution in [0.3, 0.4) is 0 Å². The lowest BCUT2D eigenvalue weighted by atomic mass is 10.2. The van der Waals surface area contributed by atoms with E-state index in [0.29, 0.717) is 50.5 Å². The Labute approximate surface area is 694 Å². The number of halogens is 13. The number of nitrogens with zero attached hydrogens (tertiary/aromatic N) is 12. The second-order valence-corrected chi connectivity index (χ2v) is 27.6. The van der Waals surface area contributed by atoms with Crippen LogP contribution in [0.5, 0.6) is 46.5 Å². The number of aromatic nitrogens is 12. The number of aliphatic hydroxyl groups excluding tert-OH is 2. The number of aryl methyl sites for hydroxylation is 3. The third-order valence-electron chi connectivity index (χ3n) is 17.0. The molecule has 0 aliphatic heterocycles. The average Bonchev–Trinajstić information content (AvgIpc) is 1.58. The zero-order chi connectivity index (χ0) is 85.8. The standard InChI is InChI=1S/C26H26ClF3N4O5.C25H24ClF3N4O6.C17H18BrClN4O2.C9H9F3O3.CH4/c1-3-4-12-33-23(35)21-22(32(2)25(33)36)31-24(34(21)16-17-8-10-18(27)11-9-17)38-14-13-37-19-6-5-7-20(15-19)39-26(28,29)30;1-31-21-20(22(35)32(24(31)36)10-3-11-34)33(15-16-6-8-17(26)9-7-16)23(30-21)38-13-12-37-18-4-2-5-19(14-18)39-25(27,28)29;1-3-4-9-22-15(24)13-14(21(2)17(22)25)20-16(18)23(13)10-11-5-7-12(19)8-6-11;10-9(11,12)15-8-3-1-2-7(6-8)14-5-4-13;/h5-11,15H,3-4,12-14,16H2,1-2H3;2,4-9,14,34H,3,10-13,15H2,1H3;5-8H,3-4,9-10H2,1-2H3;1-3,6,13H,4-5H2;1H4. The Kier molecular flexibility index (Phi) is 33.3. The van der Waals surface area contributed by atoms with Crippen molar-refractivity contribution >= 4 is 84.2 Å². The molecule has 0 radical (unpaired) electrons. The topological polar surface area (TPSA) is 300 Å². The highest BCUT2D eigenvalue weighted by molar-refractivity contribution is 9.10. The van der Waals surface area contributed by atoms with Gasteiger partial charge in [0.1, 0.15) is 67.5 Å². The maximum Gasteiger partial charge on any atom is 0.573 e. The Hall–Kier alpha value is -11.2. The molecule has 6 aromatic heterocycles. The molecule has 0 bridgehead atoms. The lowest BCUT2D eigenvalue weighted by Crippen LogP contribution is -2.39. The summed E-state index contributed by atoms with van der Waals surface area (Å²) in [5.41, 5.74) is 1.19. The van der Waals surface area contributed by atoms with E-state index >= 15 is 0 Å². The van der Waals surface area contributed by atoms with E-state index in [9.17, 15) is 73.4 Å². The van der Waals surface area contributed by atoms with Gasteiger partial charge in [-0.1, -0.05) is 124 Å². The van der Waals surface area contributed by atoms with Crippen LogP contribution < -0.4 is 71.6 Å². The van der Waals surface area contributed by atoms with E-state index in [1.807, 2.05) is 26.0 Å². The first kappa shape index (κ1) is 93.3. The maximum atomic E-state index is 13.4. The molecule has 0 unspecified atom stereocenters. The molecular weight excluding hydrogens is 1720 g/mol. The summed E-state index contributed by atoms with van der Waals surface area (Å²) in [7, 11) is 4.65. The Balaban J connectivity index is 0.000000207. The second kappa shape index (κ2) is 42.5. The lowest BCUT2D eigenvalue weighted by Gasteiger charge is -2.13. The van der Waals surface area contributed by atoms with Gasteiger partial charge in [0.15, 0.2) is 38.2 Å². The van der Waals surface area contributed by atoms with Crippen molar-refractivity contribution in [2.24, 2.45) is 21.1 Å².